The van der Waals surface area contributed by atoms with Crippen molar-refractivity contribution in [2.24, 2.45) is 5.92 Å². The highest BCUT2D eigenvalue weighted by Crippen LogP contribution is 2.37. The molecule has 2 heterocycles. The molecule has 1 N–H and O–H groups in total. The van der Waals surface area contributed by atoms with Gasteiger partial charge >= 0.3 is 12.1 Å². The molecule has 2 saturated heterocycles. The summed E-state index contributed by atoms with van der Waals surface area (Å²) in [6.07, 6.45) is -3.20. The van der Waals surface area contributed by atoms with E-state index in [1.54, 1.807) is 6.92 Å². The van der Waals surface area contributed by atoms with Gasteiger partial charge in [-0.3, -0.25) is 10.1 Å². The summed E-state index contributed by atoms with van der Waals surface area (Å²) in [4.78, 5) is 14.3. The Hall–Kier alpha value is -0.820. The standard InChI is InChI=1S/C12H19F3N2O2/c1-2-19-10(18)11(16-8-12(13,14)15)4-6-17-5-3-9(11)7-17/h9,16H,2-8H2,1H3. The molecular formula is C12H19F3N2O2. The van der Waals surface area contributed by atoms with Gasteiger partial charge in [0.2, 0.25) is 0 Å². The average molecular weight is 280 g/mol. The quantitative estimate of drug-likeness (QED) is 0.785. The predicted molar refractivity (Wildman–Crippen MR) is 62.6 cm³/mol. The number of halogens is 3. The van der Waals surface area contributed by atoms with E-state index >= 15 is 0 Å². The molecule has 7 heteroatoms. The number of hydrogen-bond acceptors (Lipinski definition) is 4. The number of hydrogen-bond donors (Lipinski definition) is 1. The molecule has 0 spiro atoms. The predicted octanol–water partition coefficient (Wildman–Crippen LogP) is 1.17. The SMILES string of the molecule is CCOC(=O)C1(NCC(F)(F)F)CCN2CCC1C2. The maximum Gasteiger partial charge on any atom is 0.401 e. The molecule has 0 aromatic carbocycles. The lowest BCUT2D eigenvalue weighted by molar-refractivity contribution is -0.160. The van der Waals surface area contributed by atoms with Gasteiger partial charge in [-0.25, -0.2) is 0 Å². The Bertz CT molecular complexity index is 348. The van der Waals surface area contributed by atoms with Gasteiger partial charge in [0.25, 0.3) is 0 Å². The van der Waals surface area contributed by atoms with Gasteiger partial charge in [0.15, 0.2) is 0 Å². The van der Waals surface area contributed by atoms with E-state index in [1.165, 1.54) is 0 Å². The molecule has 0 aromatic rings. The summed E-state index contributed by atoms with van der Waals surface area (Å²) in [6.45, 7) is 2.86. The molecule has 4 nitrogen and oxygen atoms in total. The van der Waals surface area contributed by atoms with Crippen LogP contribution in [-0.4, -0.2) is 55.4 Å². The van der Waals surface area contributed by atoms with Crippen molar-refractivity contribution in [3.05, 3.63) is 0 Å². The van der Waals surface area contributed by atoms with Crippen LogP contribution in [0.15, 0.2) is 0 Å². The molecule has 19 heavy (non-hydrogen) atoms. The van der Waals surface area contributed by atoms with Gasteiger partial charge in [0.05, 0.1) is 13.2 Å². The molecule has 0 aromatic heterocycles. The largest absolute Gasteiger partial charge is 0.465 e. The van der Waals surface area contributed by atoms with Crippen molar-refractivity contribution in [2.75, 3.05) is 32.8 Å². The van der Waals surface area contributed by atoms with Gasteiger partial charge in [-0.2, -0.15) is 13.2 Å². The van der Waals surface area contributed by atoms with E-state index in [-0.39, 0.29) is 12.5 Å². The third-order valence-electron chi connectivity index (χ3n) is 4.04. The van der Waals surface area contributed by atoms with E-state index in [0.717, 1.165) is 13.0 Å². The highest BCUT2D eigenvalue weighted by Gasteiger charge is 2.53. The van der Waals surface area contributed by atoms with Gasteiger partial charge in [-0.05, 0) is 26.3 Å². The van der Waals surface area contributed by atoms with Crippen LogP contribution in [0.5, 0.6) is 0 Å². The molecule has 0 aliphatic carbocycles. The molecule has 3 unspecified atom stereocenters. The van der Waals surface area contributed by atoms with Gasteiger partial charge in [-0.15, -0.1) is 0 Å². The number of alkyl halides is 3. The first-order valence-corrected chi connectivity index (χ1v) is 6.59. The maximum absolute atomic E-state index is 12.4. The molecule has 3 atom stereocenters. The Morgan fingerprint density at radius 1 is 1.47 bits per heavy atom. The number of piperidine rings is 1. The van der Waals surface area contributed by atoms with Crippen LogP contribution in [0.4, 0.5) is 13.2 Å². The van der Waals surface area contributed by atoms with Crippen molar-refractivity contribution in [2.45, 2.75) is 31.5 Å². The first-order chi connectivity index (χ1) is 8.87. The van der Waals surface area contributed by atoms with Crippen LogP contribution in [0, 0.1) is 5.92 Å². The van der Waals surface area contributed by atoms with Crippen molar-refractivity contribution < 1.29 is 22.7 Å². The van der Waals surface area contributed by atoms with Crippen LogP contribution in [0.2, 0.25) is 0 Å². The normalized spacial score (nSPS) is 34.3. The van der Waals surface area contributed by atoms with Gasteiger partial charge in [0, 0.05) is 19.0 Å². The van der Waals surface area contributed by atoms with Gasteiger partial charge < -0.3 is 9.64 Å². The van der Waals surface area contributed by atoms with E-state index in [4.69, 9.17) is 4.74 Å². The van der Waals surface area contributed by atoms with E-state index in [9.17, 15) is 18.0 Å². The minimum absolute atomic E-state index is 0.0948. The molecule has 0 amide bonds. The van der Waals surface area contributed by atoms with Crippen LogP contribution >= 0.6 is 0 Å². The molecule has 2 fully saturated rings. The molecule has 2 rings (SSSR count). The molecular weight excluding hydrogens is 261 g/mol. The average Bonchev–Trinajstić information content (AvgIpc) is 2.72. The zero-order chi connectivity index (χ0) is 14.1. The lowest BCUT2D eigenvalue weighted by Crippen LogP contribution is -2.63. The maximum atomic E-state index is 12.4. The van der Waals surface area contributed by atoms with Crippen molar-refractivity contribution in [1.29, 1.82) is 0 Å². The minimum Gasteiger partial charge on any atom is -0.465 e. The van der Waals surface area contributed by atoms with Crippen LogP contribution < -0.4 is 5.32 Å². The molecule has 0 radical (unpaired) electrons. The number of rotatable bonds is 4. The van der Waals surface area contributed by atoms with E-state index in [0.29, 0.717) is 19.5 Å². The van der Waals surface area contributed by atoms with Crippen molar-refractivity contribution in [3.8, 4) is 0 Å². The summed E-state index contributed by atoms with van der Waals surface area (Å²) in [7, 11) is 0. The van der Waals surface area contributed by atoms with Gasteiger partial charge in [0.1, 0.15) is 5.54 Å². The Kier molecular flexibility index (Phi) is 4.06. The number of nitrogens with one attached hydrogen (secondary N) is 1. The van der Waals surface area contributed by atoms with Crippen LogP contribution in [0.25, 0.3) is 0 Å². The number of fused-ring (bicyclic) bond motifs is 2. The van der Waals surface area contributed by atoms with Gasteiger partial charge in [-0.1, -0.05) is 0 Å². The van der Waals surface area contributed by atoms with E-state index < -0.39 is 24.2 Å². The minimum atomic E-state index is -4.32. The fraction of sp³-hybridized carbons (Fsp3) is 0.917. The molecule has 2 bridgehead atoms. The highest BCUT2D eigenvalue weighted by atomic mass is 19.4. The number of esters is 1. The summed E-state index contributed by atoms with van der Waals surface area (Å²) >= 11 is 0. The Morgan fingerprint density at radius 2 is 2.21 bits per heavy atom. The fourth-order valence-corrected chi connectivity index (χ4v) is 3.07. The van der Waals surface area contributed by atoms with Crippen molar-refractivity contribution in [3.63, 3.8) is 0 Å². The third kappa shape index (κ3) is 3.02. The fourth-order valence-electron chi connectivity index (χ4n) is 3.07. The van der Waals surface area contributed by atoms with Crippen molar-refractivity contribution >= 4 is 5.97 Å². The summed E-state index contributed by atoms with van der Waals surface area (Å²) < 4.78 is 42.4. The second-order valence-corrected chi connectivity index (χ2v) is 5.20. The molecule has 2 aliphatic rings. The number of carbonyl (C=O) groups excluding carboxylic acids is 1. The topological polar surface area (TPSA) is 41.6 Å². The molecule has 0 saturated carbocycles. The number of nitrogens with zero attached hydrogens (tertiary/aromatic N) is 1. The number of carbonyl (C=O) groups is 1. The molecule has 2 aliphatic heterocycles. The lowest BCUT2D eigenvalue weighted by Gasteiger charge is -2.41. The van der Waals surface area contributed by atoms with Crippen molar-refractivity contribution in [1.82, 2.24) is 10.2 Å². The Labute approximate surface area is 110 Å². The first kappa shape index (κ1) is 14.6. The lowest BCUT2D eigenvalue weighted by atomic mass is 9.78. The summed E-state index contributed by atoms with van der Waals surface area (Å²) in [5, 5.41) is 2.46. The van der Waals surface area contributed by atoms with E-state index in [2.05, 4.69) is 10.2 Å². The smallest absolute Gasteiger partial charge is 0.401 e. The summed E-state index contributed by atoms with van der Waals surface area (Å²) in [5.74, 6) is -0.631. The highest BCUT2D eigenvalue weighted by molar-refractivity contribution is 5.81. The third-order valence-corrected chi connectivity index (χ3v) is 4.04. The second kappa shape index (κ2) is 5.28. The summed E-state index contributed by atoms with van der Waals surface area (Å²) in [5.41, 5.74) is -1.17. The van der Waals surface area contributed by atoms with E-state index in [1.807, 2.05) is 0 Å². The van der Waals surface area contributed by atoms with Crippen LogP contribution in [0.1, 0.15) is 19.8 Å². The Morgan fingerprint density at radius 3 is 2.84 bits per heavy atom. The van der Waals surface area contributed by atoms with Crippen LogP contribution in [0.3, 0.4) is 0 Å². The Balaban J connectivity index is 2.15. The monoisotopic (exact) mass is 280 g/mol. The zero-order valence-corrected chi connectivity index (χ0v) is 10.9. The summed E-state index contributed by atoms with van der Waals surface area (Å²) in [6, 6.07) is 0. The second-order valence-electron chi connectivity index (χ2n) is 5.20. The first-order valence-electron chi connectivity index (χ1n) is 6.59. The number of ether oxygens (including phenoxy) is 1. The van der Waals surface area contributed by atoms with Crippen LogP contribution in [-0.2, 0) is 9.53 Å². The molecule has 110 valence electrons. The zero-order valence-electron chi connectivity index (χ0n) is 10.9.